The minimum Gasteiger partial charge on any atom is -0.361 e. The summed E-state index contributed by atoms with van der Waals surface area (Å²) in [4.78, 5) is 10.1. The summed E-state index contributed by atoms with van der Waals surface area (Å²) in [5, 5.41) is 5.82. The summed E-state index contributed by atoms with van der Waals surface area (Å²) < 4.78 is 2.03. The molecule has 3 atom stereocenters. The van der Waals surface area contributed by atoms with Crippen molar-refractivity contribution >= 4 is 10.9 Å². The number of H-pyrrole nitrogens is 1. The molecule has 0 spiro atoms. The summed E-state index contributed by atoms with van der Waals surface area (Å²) in [5.74, 6) is 0.569. The van der Waals surface area contributed by atoms with Crippen molar-refractivity contribution in [2.75, 3.05) is 13.6 Å². The lowest BCUT2D eigenvalue weighted by atomic mass is 9.74. The second-order valence-electron chi connectivity index (χ2n) is 6.67. The number of fused-ring (bicyclic) bond motifs is 2. The van der Waals surface area contributed by atoms with Crippen LogP contribution >= 0.6 is 0 Å². The Morgan fingerprint density at radius 1 is 1.32 bits per heavy atom. The van der Waals surface area contributed by atoms with Crippen LogP contribution in [0.5, 0.6) is 0 Å². The second kappa shape index (κ2) is 4.43. The minimum atomic E-state index is 0.407. The van der Waals surface area contributed by atoms with E-state index >= 15 is 0 Å². The van der Waals surface area contributed by atoms with Crippen LogP contribution in [0.1, 0.15) is 29.5 Å². The SMILES string of the molecule is CN1C[C@H](n2cncn2)C[C@@H]2c3cccc4[nH]cc(c34)C[C@H]21. The molecule has 0 bridgehead atoms. The molecule has 1 fully saturated rings. The highest BCUT2D eigenvalue weighted by atomic mass is 15.4. The van der Waals surface area contributed by atoms with Gasteiger partial charge in [-0.3, -0.25) is 0 Å². The van der Waals surface area contributed by atoms with Crippen molar-refractivity contribution in [3.63, 3.8) is 0 Å². The first-order valence-corrected chi connectivity index (χ1v) is 7.94. The molecule has 0 unspecified atom stereocenters. The van der Waals surface area contributed by atoms with Gasteiger partial charge >= 0.3 is 0 Å². The number of aromatic amines is 1. The Bertz CT molecular complexity index is 819. The zero-order chi connectivity index (χ0) is 14.7. The normalized spacial score (nSPS) is 28.0. The van der Waals surface area contributed by atoms with Crippen molar-refractivity contribution in [3.8, 4) is 0 Å². The molecule has 0 saturated carbocycles. The predicted octanol–water partition coefficient (Wildman–Crippen LogP) is 2.34. The highest BCUT2D eigenvalue weighted by Gasteiger charge is 2.40. The molecule has 1 saturated heterocycles. The Hall–Kier alpha value is -2.14. The third-order valence-corrected chi connectivity index (χ3v) is 5.51. The molecule has 2 aromatic heterocycles. The third kappa shape index (κ3) is 1.63. The van der Waals surface area contributed by atoms with Crippen molar-refractivity contribution in [1.82, 2.24) is 24.6 Å². The fourth-order valence-electron chi connectivity index (χ4n) is 4.51. The van der Waals surface area contributed by atoms with E-state index in [9.17, 15) is 0 Å². The van der Waals surface area contributed by atoms with Crippen molar-refractivity contribution in [2.24, 2.45) is 0 Å². The summed E-state index contributed by atoms with van der Waals surface area (Å²) in [7, 11) is 2.25. The van der Waals surface area contributed by atoms with Gasteiger partial charge in [-0.1, -0.05) is 12.1 Å². The van der Waals surface area contributed by atoms with Gasteiger partial charge in [0, 0.05) is 35.6 Å². The zero-order valence-electron chi connectivity index (χ0n) is 12.6. The van der Waals surface area contributed by atoms with Crippen molar-refractivity contribution < 1.29 is 0 Å². The highest BCUT2D eigenvalue weighted by Crippen LogP contribution is 2.45. The van der Waals surface area contributed by atoms with Gasteiger partial charge in [-0.15, -0.1) is 0 Å². The summed E-state index contributed by atoms with van der Waals surface area (Å²) in [6.07, 6.45) is 7.97. The predicted molar refractivity (Wildman–Crippen MR) is 84.8 cm³/mol. The lowest BCUT2D eigenvalue weighted by molar-refractivity contribution is 0.110. The van der Waals surface area contributed by atoms with E-state index in [1.165, 1.54) is 22.0 Å². The molecule has 2 aliphatic rings. The van der Waals surface area contributed by atoms with E-state index in [0.717, 1.165) is 19.4 Å². The summed E-state index contributed by atoms with van der Waals surface area (Å²) in [5.41, 5.74) is 4.25. The van der Waals surface area contributed by atoms with Crippen LogP contribution in [0.4, 0.5) is 0 Å². The van der Waals surface area contributed by atoms with E-state index < -0.39 is 0 Å². The molecular weight excluding hydrogens is 274 g/mol. The van der Waals surface area contributed by atoms with E-state index in [0.29, 0.717) is 18.0 Å². The Morgan fingerprint density at radius 2 is 2.27 bits per heavy atom. The van der Waals surface area contributed by atoms with Crippen molar-refractivity contribution in [1.29, 1.82) is 0 Å². The quantitative estimate of drug-likeness (QED) is 0.749. The second-order valence-corrected chi connectivity index (χ2v) is 6.67. The number of likely N-dealkylation sites (tertiary alicyclic amines) is 1. The molecule has 3 heterocycles. The van der Waals surface area contributed by atoms with Gasteiger partial charge in [-0.05, 0) is 37.1 Å². The molecule has 1 aliphatic heterocycles. The van der Waals surface area contributed by atoms with Crippen LogP contribution in [-0.2, 0) is 6.42 Å². The first-order valence-electron chi connectivity index (χ1n) is 7.94. The number of hydrogen-bond donors (Lipinski definition) is 1. The van der Waals surface area contributed by atoms with E-state index in [1.54, 1.807) is 6.33 Å². The number of aromatic nitrogens is 4. The summed E-state index contributed by atoms with van der Waals surface area (Å²) >= 11 is 0. The average Bonchev–Trinajstić information content (AvgIpc) is 3.19. The summed E-state index contributed by atoms with van der Waals surface area (Å²) in [6.45, 7) is 1.04. The molecule has 112 valence electrons. The Labute approximate surface area is 129 Å². The maximum absolute atomic E-state index is 4.37. The fraction of sp³-hybridized carbons (Fsp3) is 0.412. The van der Waals surface area contributed by atoms with Crippen LogP contribution in [0.2, 0.25) is 0 Å². The van der Waals surface area contributed by atoms with Crippen LogP contribution in [0, 0.1) is 0 Å². The number of benzene rings is 1. The van der Waals surface area contributed by atoms with Crippen molar-refractivity contribution in [2.45, 2.75) is 30.8 Å². The lowest BCUT2D eigenvalue weighted by Gasteiger charge is -2.45. The fourth-order valence-corrected chi connectivity index (χ4v) is 4.51. The molecule has 1 aliphatic carbocycles. The Kier molecular flexibility index (Phi) is 2.50. The van der Waals surface area contributed by atoms with E-state index in [2.05, 4.69) is 51.4 Å². The number of nitrogens with zero attached hydrogens (tertiary/aromatic N) is 4. The van der Waals surface area contributed by atoms with Gasteiger partial charge in [0.15, 0.2) is 0 Å². The molecule has 3 aromatic rings. The van der Waals surface area contributed by atoms with Gasteiger partial charge in [0.25, 0.3) is 0 Å². The Balaban J connectivity index is 1.62. The number of piperidine rings is 1. The lowest BCUT2D eigenvalue weighted by Crippen LogP contribution is -2.48. The maximum atomic E-state index is 4.37. The number of likely N-dealkylation sites (N-methyl/N-ethyl adjacent to an activating group) is 1. The molecule has 0 amide bonds. The molecule has 0 radical (unpaired) electrons. The smallest absolute Gasteiger partial charge is 0.137 e. The molecule has 5 nitrogen and oxygen atoms in total. The van der Waals surface area contributed by atoms with E-state index in [4.69, 9.17) is 0 Å². The third-order valence-electron chi connectivity index (χ3n) is 5.51. The van der Waals surface area contributed by atoms with E-state index in [1.807, 2.05) is 11.0 Å². The van der Waals surface area contributed by atoms with Crippen LogP contribution < -0.4 is 0 Å². The maximum Gasteiger partial charge on any atom is 0.137 e. The van der Waals surface area contributed by atoms with E-state index in [-0.39, 0.29) is 0 Å². The standard InChI is InChI=1S/C17H19N5/c1-21-8-12(22-10-18-9-20-22)6-14-13-3-2-4-15-17(13)11(7-19-15)5-16(14)21/h2-4,7,9-10,12,14,16,19H,5-6,8H2,1H3/t12-,14-,16-/m1/s1. The number of hydrogen-bond acceptors (Lipinski definition) is 3. The van der Waals surface area contributed by atoms with Crippen LogP contribution in [0.3, 0.4) is 0 Å². The van der Waals surface area contributed by atoms with Gasteiger partial charge in [0.2, 0.25) is 0 Å². The molecule has 5 heteroatoms. The molecule has 5 rings (SSSR count). The first kappa shape index (κ1) is 12.4. The van der Waals surface area contributed by atoms with Crippen LogP contribution in [0.25, 0.3) is 10.9 Å². The van der Waals surface area contributed by atoms with Gasteiger partial charge in [0.05, 0.1) is 6.04 Å². The van der Waals surface area contributed by atoms with Crippen LogP contribution in [0.15, 0.2) is 37.1 Å². The van der Waals surface area contributed by atoms with Gasteiger partial charge in [0.1, 0.15) is 12.7 Å². The van der Waals surface area contributed by atoms with Crippen molar-refractivity contribution in [3.05, 3.63) is 48.2 Å². The molecule has 1 aromatic carbocycles. The molecular formula is C17H19N5. The topological polar surface area (TPSA) is 49.7 Å². The van der Waals surface area contributed by atoms with Gasteiger partial charge in [-0.2, -0.15) is 5.10 Å². The highest BCUT2D eigenvalue weighted by molar-refractivity contribution is 5.88. The van der Waals surface area contributed by atoms with Gasteiger partial charge in [-0.25, -0.2) is 9.67 Å². The minimum absolute atomic E-state index is 0.407. The molecule has 1 N–H and O–H groups in total. The van der Waals surface area contributed by atoms with Gasteiger partial charge < -0.3 is 9.88 Å². The summed E-state index contributed by atoms with van der Waals surface area (Å²) in [6, 6.07) is 7.68. The first-order chi connectivity index (χ1) is 10.8. The number of nitrogens with one attached hydrogen (secondary N) is 1. The Morgan fingerprint density at radius 3 is 3.14 bits per heavy atom. The zero-order valence-corrected chi connectivity index (χ0v) is 12.6. The largest absolute Gasteiger partial charge is 0.361 e. The average molecular weight is 293 g/mol. The monoisotopic (exact) mass is 293 g/mol. The van der Waals surface area contributed by atoms with Crippen LogP contribution in [-0.4, -0.2) is 44.3 Å². The number of rotatable bonds is 1. The molecule has 22 heavy (non-hydrogen) atoms.